The predicted octanol–water partition coefficient (Wildman–Crippen LogP) is 4.05. The van der Waals surface area contributed by atoms with Gasteiger partial charge in [-0.3, -0.25) is 5.32 Å². The summed E-state index contributed by atoms with van der Waals surface area (Å²) in [6.07, 6.45) is 0.651. The van der Waals surface area contributed by atoms with Gasteiger partial charge < -0.3 is 20.5 Å². The molecule has 0 spiro atoms. The Labute approximate surface area is 187 Å². The fourth-order valence-electron chi connectivity index (χ4n) is 2.57. The van der Waals surface area contributed by atoms with Crippen molar-refractivity contribution in [2.24, 2.45) is 0 Å². The number of aryl methyl sites for hydroxylation is 1. The van der Waals surface area contributed by atoms with Gasteiger partial charge >= 0.3 is 12.0 Å². The Morgan fingerprint density at radius 3 is 2.50 bits per heavy atom. The van der Waals surface area contributed by atoms with Crippen LogP contribution in [-0.2, 0) is 6.61 Å². The third-order valence-corrected chi connectivity index (χ3v) is 4.93. The number of aromatic carboxylic acids is 1. The Morgan fingerprint density at radius 2 is 1.88 bits per heavy atom. The van der Waals surface area contributed by atoms with Crippen LogP contribution >= 0.6 is 11.5 Å². The van der Waals surface area contributed by atoms with Crippen LogP contribution in [0.4, 0.5) is 23.0 Å². The summed E-state index contributed by atoms with van der Waals surface area (Å²) in [5.74, 6) is -5.60. The molecule has 0 unspecified atom stereocenters. The van der Waals surface area contributed by atoms with Gasteiger partial charge in [0.1, 0.15) is 17.4 Å². The van der Waals surface area contributed by atoms with Crippen LogP contribution < -0.4 is 20.7 Å². The van der Waals surface area contributed by atoms with E-state index in [1.807, 2.05) is 20.8 Å². The number of urea groups is 1. The average molecular weight is 475 g/mol. The maximum atomic E-state index is 14.0. The number of benzene rings is 1. The number of amides is 2. The zero-order valence-electron chi connectivity index (χ0n) is 18.1. The fourth-order valence-corrected chi connectivity index (χ4v) is 3.30. The molecule has 1 heterocycles. The van der Waals surface area contributed by atoms with Crippen molar-refractivity contribution in [3.8, 4) is 5.88 Å². The highest BCUT2D eigenvalue weighted by Crippen LogP contribution is 2.31. The van der Waals surface area contributed by atoms with Crippen LogP contribution in [0.15, 0.2) is 6.07 Å². The first-order valence-electron chi connectivity index (χ1n) is 9.69. The predicted molar refractivity (Wildman–Crippen MR) is 114 cm³/mol. The van der Waals surface area contributed by atoms with E-state index in [1.165, 1.54) is 6.92 Å². The van der Waals surface area contributed by atoms with Gasteiger partial charge in [0.25, 0.3) is 0 Å². The molecule has 0 saturated carbocycles. The van der Waals surface area contributed by atoms with Crippen LogP contribution in [0.2, 0.25) is 0 Å². The number of aromatic nitrogens is 1. The summed E-state index contributed by atoms with van der Waals surface area (Å²) in [6.45, 7) is 7.49. The van der Waals surface area contributed by atoms with E-state index in [1.54, 1.807) is 0 Å². The van der Waals surface area contributed by atoms with E-state index >= 15 is 0 Å². The molecule has 1 aromatic heterocycles. The van der Waals surface area contributed by atoms with Crippen molar-refractivity contribution in [2.75, 3.05) is 18.4 Å². The molecule has 0 bridgehead atoms. The van der Waals surface area contributed by atoms with E-state index < -0.39 is 53.1 Å². The maximum Gasteiger partial charge on any atom is 0.344 e. The highest BCUT2D eigenvalue weighted by atomic mass is 32.1. The second-order valence-electron chi connectivity index (χ2n) is 7.98. The number of anilines is 1. The highest BCUT2D eigenvalue weighted by molar-refractivity contribution is 7.11. The number of rotatable bonds is 9. The van der Waals surface area contributed by atoms with Gasteiger partial charge in [-0.25, -0.2) is 22.8 Å². The van der Waals surface area contributed by atoms with Gasteiger partial charge in [0.05, 0.1) is 5.56 Å². The van der Waals surface area contributed by atoms with Gasteiger partial charge in [0.15, 0.2) is 17.2 Å². The number of carboxylic acids is 1. The van der Waals surface area contributed by atoms with Crippen LogP contribution in [-0.4, -0.2) is 40.1 Å². The molecule has 0 aliphatic rings. The lowest BCUT2D eigenvalue weighted by molar-refractivity contribution is 0.0693. The molecule has 0 saturated heterocycles. The summed E-state index contributed by atoms with van der Waals surface area (Å²) in [6, 6.07) is 0.168. The lowest BCUT2D eigenvalue weighted by Crippen LogP contribution is -2.38. The Morgan fingerprint density at radius 1 is 1.19 bits per heavy atom. The molecule has 2 rings (SSSR count). The number of carbonyl (C=O) groups excluding carboxylic acids is 1. The van der Waals surface area contributed by atoms with Crippen molar-refractivity contribution < 1.29 is 32.6 Å². The standard InChI is InChI=1S/C20H25F3N4O4S/c1-10-8-12(21)11(15(23)14(10)22)9-31-16-13(18(28)29)17(32-27-16)26-19(30)24-6-5-7-25-20(2,3)4/h8,25H,5-7,9H2,1-4H3,(H,28,29)(H2,24,26,30). The van der Waals surface area contributed by atoms with Gasteiger partial charge in [-0.1, -0.05) is 0 Å². The van der Waals surface area contributed by atoms with E-state index in [4.69, 9.17) is 4.74 Å². The van der Waals surface area contributed by atoms with E-state index in [9.17, 15) is 27.9 Å². The summed E-state index contributed by atoms with van der Waals surface area (Å²) in [5.41, 5.74) is -1.44. The van der Waals surface area contributed by atoms with Crippen LogP contribution in [0.1, 0.15) is 48.7 Å². The molecule has 0 atom stereocenters. The number of carboxylic acid groups (broad SMARTS) is 1. The molecule has 2 amide bonds. The minimum atomic E-state index is -1.46. The summed E-state index contributed by atoms with van der Waals surface area (Å²) >= 11 is 0.627. The number of nitrogens with one attached hydrogen (secondary N) is 3. The minimum absolute atomic E-state index is 0.0478. The molecule has 4 N–H and O–H groups in total. The van der Waals surface area contributed by atoms with Crippen molar-refractivity contribution in [3.63, 3.8) is 0 Å². The fraction of sp³-hybridized carbons (Fsp3) is 0.450. The molecular weight excluding hydrogens is 449 g/mol. The molecule has 12 heteroatoms. The molecule has 0 fully saturated rings. The van der Waals surface area contributed by atoms with E-state index in [-0.39, 0.29) is 16.1 Å². The Hall–Kier alpha value is -2.86. The first kappa shape index (κ1) is 25.4. The summed E-state index contributed by atoms with van der Waals surface area (Å²) in [7, 11) is 0. The quantitative estimate of drug-likeness (QED) is 0.322. The van der Waals surface area contributed by atoms with E-state index in [0.29, 0.717) is 31.0 Å². The zero-order chi connectivity index (χ0) is 24.1. The molecule has 1 aromatic carbocycles. The SMILES string of the molecule is Cc1cc(F)c(COc2nsc(NC(=O)NCCCNC(C)(C)C)c2C(=O)O)c(F)c1F. The third kappa shape index (κ3) is 6.82. The van der Waals surface area contributed by atoms with Crippen molar-refractivity contribution in [1.82, 2.24) is 15.0 Å². The zero-order valence-corrected chi connectivity index (χ0v) is 18.9. The second-order valence-corrected chi connectivity index (χ2v) is 8.75. The van der Waals surface area contributed by atoms with Crippen molar-refractivity contribution in [2.45, 2.75) is 46.3 Å². The topological polar surface area (TPSA) is 113 Å². The average Bonchev–Trinajstić information content (AvgIpc) is 3.07. The molecule has 0 radical (unpaired) electrons. The molecular formula is C20H25F3N4O4S. The monoisotopic (exact) mass is 474 g/mol. The van der Waals surface area contributed by atoms with Crippen LogP contribution in [0, 0.1) is 24.4 Å². The van der Waals surface area contributed by atoms with Crippen molar-refractivity contribution in [3.05, 3.63) is 40.2 Å². The third-order valence-electron chi connectivity index (χ3n) is 4.18. The van der Waals surface area contributed by atoms with E-state index in [0.717, 1.165) is 6.07 Å². The molecule has 2 aromatic rings. The summed E-state index contributed by atoms with van der Waals surface area (Å²) in [4.78, 5) is 23.7. The highest BCUT2D eigenvalue weighted by Gasteiger charge is 2.25. The van der Waals surface area contributed by atoms with Crippen molar-refractivity contribution in [1.29, 1.82) is 0 Å². The lowest BCUT2D eigenvalue weighted by Gasteiger charge is -2.20. The smallest absolute Gasteiger partial charge is 0.344 e. The molecule has 176 valence electrons. The Kier molecular flexibility index (Phi) is 8.44. The normalized spacial score (nSPS) is 11.3. The van der Waals surface area contributed by atoms with Crippen LogP contribution in [0.5, 0.6) is 5.88 Å². The summed E-state index contributed by atoms with van der Waals surface area (Å²) in [5, 5.41) is 17.6. The Balaban J connectivity index is 2.01. The van der Waals surface area contributed by atoms with Gasteiger partial charge in [-0.2, -0.15) is 4.37 Å². The molecule has 0 aliphatic carbocycles. The lowest BCUT2D eigenvalue weighted by atomic mass is 10.1. The van der Waals surface area contributed by atoms with Gasteiger partial charge in [0, 0.05) is 12.1 Å². The molecule has 32 heavy (non-hydrogen) atoms. The summed E-state index contributed by atoms with van der Waals surface area (Å²) < 4.78 is 50.6. The largest absolute Gasteiger partial charge is 0.477 e. The van der Waals surface area contributed by atoms with E-state index in [2.05, 4.69) is 20.3 Å². The number of halogens is 3. The second kappa shape index (κ2) is 10.6. The number of ether oxygens (including phenoxy) is 1. The number of carbonyl (C=O) groups is 2. The minimum Gasteiger partial charge on any atom is -0.477 e. The first-order chi connectivity index (χ1) is 14.9. The first-order valence-corrected chi connectivity index (χ1v) is 10.5. The van der Waals surface area contributed by atoms with Crippen LogP contribution in [0.25, 0.3) is 0 Å². The van der Waals surface area contributed by atoms with Gasteiger partial charge in [-0.15, -0.1) is 0 Å². The number of hydrogen-bond donors (Lipinski definition) is 4. The number of hydrogen-bond acceptors (Lipinski definition) is 6. The number of nitrogens with zero attached hydrogens (tertiary/aromatic N) is 1. The van der Waals surface area contributed by atoms with Gasteiger partial charge in [-0.05, 0) is 63.8 Å². The van der Waals surface area contributed by atoms with Gasteiger partial charge in [0.2, 0.25) is 5.88 Å². The molecule has 0 aliphatic heterocycles. The molecule has 8 nitrogen and oxygen atoms in total. The van der Waals surface area contributed by atoms with Crippen molar-refractivity contribution >= 4 is 28.5 Å². The van der Waals surface area contributed by atoms with Crippen LogP contribution in [0.3, 0.4) is 0 Å². The maximum absolute atomic E-state index is 14.0. The Bertz CT molecular complexity index is 992.